The molecule has 0 saturated carbocycles. The number of rotatable bonds is 6. The van der Waals surface area contributed by atoms with E-state index in [1.165, 1.54) is 0 Å². The highest BCUT2D eigenvalue weighted by Crippen LogP contribution is 1.99. The van der Waals surface area contributed by atoms with Crippen LogP contribution in [-0.4, -0.2) is 12.8 Å². The molecule has 1 aromatic carbocycles. The Morgan fingerprint density at radius 1 is 1.13 bits per heavy atom. The fraction of sp³-hybridized carbons (Fsp3) is 0.385. The third-order valence-corrected chi connectivity index (χ3v) is 2.12. The molecule has 0 bridgehead atoms. The molecular weight excluding hydrogens is 184 g/mol. The van der Waals surface area contributed by atoms with E-state index in [-0.39, 0.29) is 0 Å². The van der Waals surface area contributed by atoms with Crippen molar-refractivity contribution >= 4 is 6.21 Å². The zero-order valence-electron chi connectivity index (χ0n) is 8.89. The van der Waals surface area contributed by atoms with E-state index in [2.05, 4.69) is 11.1 Å². The molecule has 0 aromatic heterocycles. The smallest absolute Gasteiger partial charge is 0.0621 e. The average Bonchev–Trinajstić information content (AvgIpc) is 2.29. The second kappa shape index (κ2) is 7.75. The Balaban J connectivity index is 2.10. The summed E-state index contributed by atoms with van der Waals surface area (Å²) in [5, 5.41) is 8.34. The summed E-state index contributed by atoms with van der Waals surface area (Å²) < 4.78 is 0. The average molecular weight is 200 g/mol. The number of nitriles is 1. The Hall–Kier alpha value is -1.62. The first-order chi connectivity index (χ1) is 7.43. The highest BCUT2D eigenvalue weighted by atomic mass is 14.7. The van der Waals surface area contributed by atoms with E-state index in [1.54, 1.807) is 0 Å². The fourth-order valence-corrected chi connectivity index (χ4v) is 1.29. The van der Waals surface area contributed by atoms with Crippen molar-refractivity contribution in [3.63, 3.8) is 0 Å². The molecule has 1 rings (SSSR count). The van der Waals surface area contributed by atoms with Gasteiger partial charge in [-0.05, 0) is 18.4 Å². The summed E-state index contributed by atoms with van der Waals surface area (Å²) in [4.78, 5) is 4.33. The van der Waals surface area contributed by atoms with E-state index in [1.807, 2.05) is 36.5 Å². The molecule has 0 radical (unpaired) electrons. The largest absolute Gasteiger partial charge is 0.293 e. The first-order valence-corrected chi connectivity index (χ1v) is 5.35. The molecule has 0 amide bonds. The lowest BCUT2D eigenvalue weighted by Crippen LogP contribution is -1.85. The Morgan fingerprint density at radius 3 is 2.67 bits per heavy atom. The van der Waals surface area contributed by atoms with Crippen LogP contribution in [0.2, 0.25) is 0 Å². The van der Waals surface area contributed by atoms with Crippen molar-refractivity contribution < 1.29 is 0 Å². The van der Waals surface area contributed by atoms with Crippen LogP contribution in [0, 0.1) is 11.3 Å². The van der Waals surface area contributed by atoms with Gasteiger partial charge in [0.1, 0.15) is 0 Å². The van der Waals surface area contributed by atoms with Crippen LogP contribution in [0.4, 0.5) is 0 Å². The molecule has 0 saturated heterocycles. The summed E-state index contributed by atoms with van der Waals surface area (Å²) in [7, 11) is 0. The van der Waals surface area contributed by atoms with Crippen molar-refractivity contribution in [2.24, 2.45) is 4.99 Å². The van der Waals surface area contributed by atoms with E-state index < -0.39 is 0 Å². The zero-order chi connectivity index (χ0) is 10.8. The molecular formula is C13H16N2. The topological polar surface area (TPSA) is 36.1 Å². The van der Waals surface area contributed by atoms with Gasteiger partial charge in [0, 0.05) is 19.2 Å². The number of hydrogen-bond donors (Lipinski definition) is 0. The molecule has 15 heavy (non-hydrogen) atoms. The van der Waals surface area contributed by atoms with Crippen LogP contribution < -0.4 is 0 Å². The van der Waals surface area contributed by atoms with Gasteiger partial charge in [-0.15, -0.1) is 0 Å². The number of aliphatic imine (C=N–C) groups is 1. The second-order valence-electron chi connectivity index (χ2n) is 3.41. The molecule has 2 nitrogen and oxygen atoms in total. The number of benzene rings is 1. The molecule has 0 fully saturated rings. The summed E-state index contributed by atoms with van der Waals surface area (Å²) in [6, 6.07) is 12.2. The summed E-state index contributed by atoms with van der Waals surface area (Å²) in [6.07, 6.45) is 5.74. The van der Waals surface area contributed by atoms with Crippen molar-refractivity contribution in [3.05, 3.63) is 35.9 Å². The molecule has 0 aliphatic rings. The minimum atomic E-state index is 0.669. The van der Waals surface area contributed by atoms with Crippen molar-refractivity contribution in [3.8, 4) is 6.07 Å². The lowest BCUT2D eigenvalue weighted by molar-refractivity contribution is 0.701. The highest BCUT2D eigenvalue weighted by Gasteiger charge is 1.87. The van der Waals surface area contributed by atoms with Gasteiger partial charge in [-0.25, -0.2) is 0 Å². The summed E-state index contributed by atoms with van der Waals surface area (Å²) in [5.74, 6) is 0. The Bertz CT molecular complexity index is 322. The molecule has 1 aromatic rings. The Kier molecular flexibility index (Phi) is 5.92. The van der Waals surface area contributed by atoms with E-state index in [4.69, 9.17) is 5.26 Å². The predicted octanol–water partition coefficient (Wildman–Crippen LogP) is 3.19. The number of nitrogens with zero attached hydrogens (tertiary/aromatic N) is 2. The van der Waals surface area contributed by atoms with Crippen molar-refractivity contribution in [2.45, 2.75) is 25.7 Å². The molecule has 0 heterocycles. The minimum Gasteiger partial charge on any atom is -0.293 e. The molecule has 0 aliphatic carbocycles. The number of unbranched alkanes of at least 4 members (excludes halogenated alkanes) is 3. The maximum Gasteiger partial charge on any atom is 0.0621 e. The quantitative estimate of drug-likeness (QED) is 0.513. The summed E-state index contributed by atoms with van der Waals surface area (Å²) in [6.45, 7) is 0.861. The van der Waals surface area contributed by atoms with Crippen LogP contribution >= 0.6 is 0 Å². The lowest BCUT2D eigenvalue weighted by atomic mass is 10.2. The van der Waals surface area contributed by atoms with E-state index in [0.717, 1.165) is 31.4 Å². The highest BCUT2D eigenvalue weighted by molar-refractivity contribution is 5.79. The van der Waals surface area contributed by atoms with Gasteiger partial charge in [-0.3, -0.25) is 4.99 Å². The van der Waals surface area contributed by atoms with Gasteiger partial charge in [0.2, 0.25) is 0 Å². The van der Waals surface area contributed by atoms with Gasteiger partial charge < -0.3 is 0 Å². The molecule has 78 valence electrons. The molecule has 0 unspecified atom stereocenters. The Morgan fingerprint density at radius 2 is 1.93 bits per heavy atom. The van der Waals surface area contributed by atoms with Crippen LogP contribution in [0.5, 0.6) is 0 Å². The summed E-state index contributed by atoms with van der Waals surface area (Å²) in [5.41, 5.74) is 1.15. The van der Waals surface area contributed by atoms with Crippen molar-refractivity contribution in [1.29, 1.82) is 5.26 Å². The van der Waals surface area contributed by atoms with Gasteiger partial charge in [-0.2, -0.15) is 5.26 Å². The first-order valence-electron chi connectivity index (χ1n) is 5.35. The van der Waals surface area contributed by atoms with Crippen molar-refractivity contribution in [1.82, 2.24) is 0 Å². The van der Waals surface area contributed by atoms with Crippen LogP contribution in [0.3, 0.4) is 0 Å². The third kappa shape index (κ3) is 5.64. The van der Waals surface area contributed by atoms with Gasteiger partial charge >= 0.3 is 0 Å². The van der Waals surface area contributed by atoms with Crippen LogP contribution in [-0.2, 0) is 0 Å². The molecule has 0 atom stereocenters. The predicted molar refractivity (Wildman–Crippen MR) is 63.0 cm³/mol. The van der Waals surface area contributed by atoms with E-state index in [9.17, 15) is 0 Å². The van der Waals surface area contributed by atoms with Crippen LogP contribution in [0.25, 0.3) is 0 Å². The van der Waals surface area contributed by atoms with Crippen molar-refractivity contribution in [2.75, 3.05) is 6.54 Å². The fourth-order valence-electron chi connectivity index (χ4n) is 1.29. The maximum atomic E-state index is 8.34. The molecule has 0 aliphatic heterocycles. The standard InChI is InChI=1S/C13H16N2/c14-10-6-1-2-7-11-15-12-13-8-4-3-5-9-13/h3-5,8-9,12H,1-2,6-7,11H2/b15-12+. The maximum absolute atomic E-state index is 8.34. The monoisotopic (exact) mass is 200 g/mol. The zero-order valence-corrected chi connectivity index (χ0v) is 8.89. The summed E-state index contributed by atoms with van der Waals surface area (Å²) >= 11 is 0. The third-order valence-electron chi connectivity index (χ3n) is 2.12. The Labute approximate surface area is 91.3 Å². The number of hydrogen-bond acceptors (Lipinski definition) is 2. The van der Waals surface area contributed by atoms with Gasteiger partial charge in [0.25, 0.3) is 0 Å². The van der Waals surface area contributed by atoms with E-state index in [0.29, 0.717) is 6.42 Å². The van der Waals surface area contributed by atoms with Gasteiger partial charge in [-0.1, -0.05) is 36.8 Å². The van der Waals surface area contributed by atoms with Crippen LogP contribution in [0.15, 0.2) is 35.3 Å². The van der Waals surface area contributed by atoms with Gasteiger partial charge in [0.15, 0.2) is 0 Å². The molecule has 2 heteroatoms. The second-order valence-corrected chi connectivity index (χ2v) is 3.41. The normalized spacial score (nSPS) is 10.3. The van der Waals surface area contributed by atoms with E-state index >= 15 is 0 Å². The SMILES string of the molecule is N#CCCCCC/N=C/c1ccccc1. The van der Waals surface area contributed by atoms with Crippen LogP contribution in [0.1, 0.15) is 31.2 Å². The first kappa shape index (κ1) is 11.5. The molecule has 0 N–H and O–H groups in total. The minimum absolute atomic E-state index is 0.669. The molecule has 0 spiro atoms. The lowest BCUT2D eigenvalue weighted by Gasteiger charge is -1.94. The van der Waals surface area contributed by atoms with Gasteiger partial charge in [0.05, 0.1) is 6.07 Å².